The first-order valence-electron chi connectivity index (χ1n) is 6.67. The summed E-state index contributed by atoms with van der Waals surface area (Å²) in [6, 6.07) is 10.0. The first kappa shape index (κ1) is 13.7. The van der Waals surface area contributed by atoms with E-state index in [9.17, 15) is 9.59 Å². The van der Waals surface area contributed by atoms with Crippen LogP contribution >= 0.6 is 0 Å². The molecule has 0 radical (unpaired) electrons. The van der Waals surface area contributed by atoms with Gasteiger partial charge in [-0.2, -0.15) is 0 Å². The van der Waals surface area contributed by atoms with Crippen LogP contribution in [0, 0.1) is 0 Å². The number of rotatable bonds is 7. The Morgan fingerprint density at radius 2 is 1.89 bits per heavy atom. The van der Waals surface area contributed by atoms with Gasteiger partial charge in [0.25, 0.3) is 0 Å². The van der Waals surface area contributed by atoms with Gasteiger partial charge < -0.3 is 5.32 Å². The molecule has 1 amide bonds. The Labute approximate surface area is 113 Å². The van der Waals surface area contributed by atoms with Gasteiger partial charge in [0.15, 0.2) is 5.78 Å². The van der Waals surface area contributed by atoms with Crippen molar-refractivity contribution in [1.82, 2.24) is 10.2 Å². The highest BCUT2D eigenvalue weighted by atomic mass is 16.2. The average molecular weight is 260 g/mol. The van der Waals surface area contributed by atoms with Crippen molar-refractivity contribution < 1.29 is 9.59 Å². The van der Waals surface area contributed by atoms with Gasteiger partial charge in [-0.3, -0.25) is 14.5 Å². The van der Waals surface area contributed by atoms with Gasteiger partial charge in [0.05, 0.1) is 13.1 Å². The lowest BCUT2D eigenvalue weighted by Crippen LogP contribution is -2.38. The number of nitrogens with one attached hydrogen (secondary N) is 1. The summed E-state index contributed by atoms with van der Waals surface area (Å²) in [5.74, 6) is 0.144. The summed E-state index contributed by atoms with van der Waals surface area (Å²) < 4.78 is 0. The quantitative estimate of drug-likeness (QED) is 0.796. The van der Waals surface area contributed by atoms with Crippen LogP contribution in [-0.2, 0) is 16.0 Å². The molecule has 0 unspecified atom stereocenters. The van der Waals surface area contributed by atoms with Crippen molar-refractivity contribution >= 4 is 11.7 Å². The number of Topliss-reactive ketones (excluding diaryl/α,β-unsaturated/α-hetero) is 1. The van der Waals surface area contributed by atoms with Crippen LogP contribution in [0.1, 0.15) is 18.4 Å². The normalized spacial score (nSPS) is 14.4. The minimum Gasteiger partial charge on any atom is -0.352 e. The molecule has 1 N–H and O–H groups in total. The third-order valence-corrected chi connectivity index (χ3v) is 3.05. The average Bonchev–Trinajstić information content (AvgIpc) is 3.13. The summed E-state index contributed by atoms with van der Waals surface area (Å²) in [6.07, 6.45) is 2.60. The number of hydrogen-bond donors (Lipinski definition) is 1. The maximum atomic E-state index is 11.9. The first-order chi connectivity index (χ1) is 9.13. The number of carbonyl (C=O) groups excluding carboxylic acids is 2. The molecule has 19 heavy (non-hydrogen) atoms. The van der Waals surface area contributed by atoms with Crippen molar-refractivity contribution in [3.8, 4) is 0 Å². The number of benzene rings is 1. The van der Waals surface area contributed by atoms with Gasteiger partial charge in [-0.05, 0) is 25.5 Å². The molecule has 1 aromatic carbocycles. The Morgan fingerprint density at radius 1 is 1.21 bits per heavy atom. The number of nitrogens with zero attached hydrogens (tertiary/aromatic N) is 1. The minimum absolute atomic E-state index is 0.0116. The van der Waals surface area contributed by atoms with E-state index in [1.54, 1.807) is 11.9 Å². The number of hydrogen-bond acceptors (Lipinski definition) is 3. The summed E-state index contributed by atoms with van der Waals surface area (Å²) in [5.41, 5.74) is 1.02. The molecule has 1 fully saturated rings. The molecule has 0 bridgehead atoms. The van der Waals surface area contributed by atoms with Gasteiger partial charge in [0, 0.05) is 12.5 Å². The van der Waals surface area contributed by atoms with Gasteiger partial charge in [-0.25, -0.2) is 0 Å². The zero-order valence-electron chi connectivity index (χ0n) is 11.3. The van der Waals surface area contributed by atoms with E-state index in [-0.39, 0.29) is 18.2 Å². The first-order valence-corrected chi connectivity index (χ1v) is 6.67. The second-order valence-electron chi connectivity index (χ2n) is 5.22. The Morgan fingerprint density at radius 3 is 2.53 bits per heavy atom. The monoisotopic (exact) mass is 260 g/mol. The Kier molecular flexibility index (Phi) is 4.68. The van der Waals surface area contributed by atoms with Gasteiger partial charge in [-0.1, -0.05) is 30.3 Å². The van der Waals surface area contributed by atoms with E-state index in [2.05, 4.69) is 5.32 Å². The fourth-order valence-electron chi connectivity index (χ4n) is 1.98. The third-order valence-electron chi connectivity index (χ3n) is 3.05. The Hall–Kier alpha value is -1.68. The second kappa shape index (κ2) is 6.48. The van der Waals surface area contributed by atoms with Crippen molar-refractivity contribution in [2.24, 2.45) is 0 Å². The van der Waals surface area contributed by atoms with Crippen molar-refractivity contribution in [2.45, 2.75) is 25.3 Å². The van der Waals surface area contributed by atoms with Crippen molar-refractivity contribution in [1.29, 1.82) is 0 Å². The van der Waals surface area contributed by atoms with Crippen LogP contribution in [0.25, 0.3) is 0 Å². The van der Waals surface area contributed by atoms with E-state index in [1.807, 2.05) is 30.3 Å². The molecule has 0 spiro atoms. The molecule has 0 aliphatic heterocycles. The fraction of sp³-hybridized carbons (Fsp3) is 0.467. The van der Waals surface area contributed by atoms with Crippen LogP contribution in [0.15, 0.2) is 30.3 Å². The molecule has 1 aliphatic rings. The topological polar surface area (TPSA) is 49.4 Å². The molecule has 1 aromatic rings. The van der Waals surface area contributed by atoms with E-state index in [1.165, 1.54) is 0 Å². The summed E-state index contributed by atoms with van der Waals surface area (Å²) in [6.45, 7) is 0.601. The van der Waals surface area contributed by atoms with Crippen LogP contribution in [0.5, 0.6) is 0 Å². The predicted octanol–water partition coefficient (Wildman–Crippen LogP) is 1.01. The third kappa shape index (κ3) is 5.22. The molecule has 0 saturated heterocycles. The van der Waals surface area contributed by atoms with Crippen LogP contribution in [0.4, 0.5) is 0 Å². The molecule has 102 valence electrons. The highest BCUT2D eigenvalue weighted by molar-refractivity contribution is 5.84. The van der Waals surface area contributed by atoms with Crippen LogP contribution in [-0.4, -0.2) is 42.8 Å². The molecule has 0 aromatic heterocycles. The molecular weight excluding hydrogens is 240 g/mol. The van der Waals surface area contributed by atoms with E-state index < -0.39 is 0 Å². The van der Waals surface area contributed by atoms with E-state index in [0.717, 1.165) is 18.4 Å². The van der Waals surface area contributed by atoms with Gasteiger partial charge >= 0.3 is 0 Å². The van der Waals surface area contributed by atoms with E-state index >= 15 is 0 Å². The smallest absolute Gasteiger partial charge is 0.234 e. The van der Waals surface area contributed by atoms with Crippen molar-refractivity contribution in [3.63, 3.8) is 0 Å². The molecule has 4 heteroatoms. The molecule has 2 rings (SSSR count). The Bertz CT molecular complexity index is 441. The maximum absolute atomic E-state index is 11.9. The SMILES string of the molecule is CN(CC(=O)Cc1ccccc1)CC(=O)NC1CC1. The Balaban J connectivity index is 1.70. The second-order valence-corrected chi connectivity index (χ2v) is 5.22. The fourth-order valence-corrected chi connectivity index (χ4v) is 1.98. The summed E-state index contributed by atoms with van der Waals surface area (Å²) in [7, 11) is 1.80. The number of amides is 1. The van der Waals surface area contributed by atoms with Crippen LogP contribution < -0.4 is 5.32 Å². The summed E-state index contributed by atoms with van der Waals surface area (Å²) in [4.78, 5) is 25.2. The van der Waals surface area contributed by atoms with E-state index in [4.69, 9.17) is 0 Å². The summed E-state index contributed by atoms with van der Waals surface area (Å²) >= 11 is 0. The lowest BCUT2D eigenvalue weighted by molar-refractivity contribution is -0.123. The number of likely N-dealkylation sites (N-methyl/N-ethyl adjacent to an activating group) is 1. The maximum Gasteiger partial charge on any atom is 0.234 e. The zero-order chi connectivity index (χ0) is 13.7. The lowest BCUT2D eigenvalue weighted by Gasteiger charge is -2.15. The predicted molar refractivity (Wildman–Crippen MR) is 73.8 cm³/mol. The van der Waals surface area contributed by atoms with Crippen molar-refractivity contribution in [3.05, 3.63) is 35.9 Å². The number of ketones is 1. The molecule has 0 atom stereocenters. The van der Waals surface area contributed by atoms with Crippen molar-refractivity contribution in [2.75, 3.05) is 20.1 Å². The highest BCUT2D eigenvalue weighted by Gasteiger charge is 2.23. The molecule has 0 heterocycles. The minimum atomic E-state index is 0.0116. The summed E-state index contributed by atoms with van der Waals surface area (Å²) in [5, 5.41) is 2.92. The van der Waals surface area contributed by atoms with E-state index in [0.29, 0.717) is 19.0 Å². The molecule has 1 aliphatic carbocycles. The molecule has 4 nitrogen and oxygen atoms in total. The highest BCUT2D eigenvalue weighted by Crippen LogP contribution is 2.18. The number of carbonyl (C=O) groups is 2. The molecule has 1 saturated carbocycles. The lowest BCUT2D eigenvalue weighted by atomic mass is 10.1. The van der Waals surface area contributed by atoms with Crippen LogP contribution in [0.3, 0.4) is 0 Å². The van der Waals surface area contributed by atoms with Gasteiger partial charge in [0.1, 0.15) is 0 Å². The largest absolute Gasteiger partial charge is 0.352 e. The van der Waals surface area contributed by atoms with Gasteiger partial charge in [-0.15, -0.1) is 0 Å². The van der Waals surface area contributed by atoms with Gasteiger partial charge in [0.2, 0.25) is 5.91 Å². The zero-order valence-corrected chi connectivity index (χ0v) is 11.3. The molecular formula is C15H20N2O2. The van der Waals surface area contributed by atoms with Crippen LogP contribution in [0.2, 0.25) is 0 Å². The standard InChI is InChI=1S/C15H20N2O2/c1-17(11-15(19)16-13-7-8-13)10-14(18)9-12-5-3-2-4-6-12/h2-6,13H,7-11H2,1H3,(H,16,19).